The topological polar surface area (TPSA) is 57.8 Å². The first-order valence-corrected chi connectivity index (χ1v) is 11.9. The van der Waals surface area contributed by atoms with Gasteiger partial charge in [0.15, 0.2) is 0 Å². The third-order valence-electron chi connectivity index (χ3n) is 7.27. The molecule has 1 aliphatic carbocycles. The van der Waals surface area contributed by atoms with E-state index in [-0.39, 0.29) is 10.8 Å². The van der Waals surface area contributed by atoms with Gasteiger partial charge in [-0.25, -0.2) is 9.67 Å². The number of imidazole rings is 1. The zero-order valence-corrected chi connectivity index (χ0v) is 21.0. The smallest absolute Gasteiger partial charge is 0.143 e. The Balaban J connectivity index is 1.41. The van der Waals surface area contributed by atoms with E-state index in [1.165, 1.54) is 29.5 Å². The first kappa shape index (κ1) is 22.4. The van der Waals surface area contributed by atoms with Crippen LogP contribution in [0.25, 0.3) is 16.9 Å². The van der Waals surface area contributed by atoms with Gasteiger partial charge >= 0.3 is 0 Å². The second-order valence-corrected chi connectivity index (χ2v) is 10.8. The molecule has 0 atom stereocenters. The van der Waals surface area contributed by atoms with Gasteiger partial charge in [0.05, 0.1) is 37.6 Å². The van der Waals surface area contributed by atoms with Crippen LogP contribution in [0, 0.1) is 6.92 Å². The molecule has 2 heterocycles. The highest BCUT2D eigenvalue weighted by molar-refractivity contribution is 5.64. The molecule has 0 aliphatic heterocycles. The van der Waals surface area contributed by atoms with Gasteiger partial charge in [0.2, 0.25) is 0 Å². The van der Waals surface area contributed by atoms with E-state index < -0.39 is 0 Å². The molecule has 0 spiro atoms. The van der Waals surface area contributed by atoms with Gasteiger partial charge in [0.25, 0.3) is 0 Å². The van der Waals surface area contributed by atoms with E-state index in [0.29, 0.717) is 6.54 Å². The van der Waals surface area contributed by atoms with Crippen molar-refractivity contribution >= 4 is 0 Å². The van der Waals surface area contributed by atoms with E-state index in [9.17, 15) is 0 Å². The Kier molecular flexibility index (Phi) is 5.34. The minimum absolute atomic E-state index is 0.195. The lowest BCUT2D eigenvalue weighted by atomic mass is 9.63. The molecule has 0 amide bonds. The Morgan fingerprint density at radius 3 is 2.41 bits per heavy atom. The Labute approximate surface area is 201 Å². The quantitative estimate of drug-likeness (QED) is 0.379. The van der Waals surface area contributed by atoms with Crippen LogP contribution in [0.15, 0.2) is 55.1 Å². The molecular formula is C28H33N5O. The maximum atomic E-state index is 5.66. The van der Waals surface area contributed by atoms with E-state index >= 15 is 0 Å². The standard InChI is InChI=1S/C28H33N5O/c1-19-15-32(18-29-19)25-10-8-21(14-26(25)34-6)24-17-33(31-30-24)16-20-7-9-22-23(13-20)28(4,5)12-11-27(22,2)3/h7-10,13-15,17-18H,11-12,16H2,1-6H3. The van der Waals surface area contributed by atoms with Gasteiger partial charge in [-0.15, -0.1) is 5.10 Å². The number of benzene rings is 2. The van der Waals surface area contributed by atoms with Gasteiger partial charge in [-0.05, 0) is 59.4 Å². The van der Waals surface area contributed by atoms with Gasteiger partial charge in [0, 0.05) is 11.8 Å². The van der Waals surface area contributed by atoms with Crippen LogP contribution in [-0.4, -0.2) is 31.7 Å². The van der Waals surface area contributed by atoms with Crippen molar-refractivity contribution in [3.63, 3.8) is 0 Å². The van der Waals surface area contributed by atoms with Gasteiger partial charge in [-0.2, -0.15) is 0 Å². The van der Waals surface area contributed by atoms with Crippen molar-refractivity contribution in [1.29, 1.82) is 0 Å². The molecule has 0 unspecified atom stereocenters. The number of aromatic nitrogens is 5. The largest absolute Gasteiger partial charge is 0.495 e. The van der Waals surface area contributed by atoms with Gasteiger partial charge in [-0.3, -0.25) is 0 Å². The van der Waals surface area contributed by atoms with Crippen molar-refractivity contribution in [1.82, 2.24) is 24.5 Å². The summed E-state index contributed by atoms with van der Waals surface area (Å²) in [7, 11) is 1.68. The minimum Gasteiger partial charge on any atom is -0.495 e. The number of rotatable bonds is 5. The summed E-state index contributed by atoms with van der Waals surface area (Å²) >= 11 is 0. The highest BCUT2D eigenvalue weighted by Crippen LogP contribution is 2.46. The third kappa shape index (κ3) is 4.02. The lowest BCUT2D eigenvalue weighted by Gasteiger charge is -2.42. The highest BCUT2D eigenvalue weighted by Gasteiger charge is 2.36. The molecule has 6 nitrogen and oxygen atoms in total. The molecule has 5 rings (SSSR count). The Morgan fingerprint density at radius 1 is 0.941 bits per heavy atom. The van der Waals surface area contributed by atoms with E-state index in [1.54, 1.807) is 13.4 Å². The average molecular weight is 456 g/mol. The number of nitrogens with zero attached hydrogens (tertiary/aromatic N) is 5. The maximum absolute atomic E-state index is 5.66. The summed E-state index contributed by atoms with van der Waals surface area (Å²) in [6.07, 6.45) is 8.21. The molecule has 0 radical (unpaired) electrons. The lowest BCUT2D eigenvalue weighted by Crippen LogP contribution is -2.33. The second-order valence-electron chi connectivity index (χ2n) is 10.8. The molecule has 4 aromatic rings. The van der Waals surface area contributed by atoms with Crippen molar-refractivity contribution in [3.8, 4) is 22.7 Å². The first-order valence-electron chi connectivity index (χ1n) is 11.9. The van der Waals surface area contributed by atoms with Crippen LogP contribution in [-0.2, 0) is 17.4 Å². The zero-order chi connectivity index (χ0) is 24.1. The number of hydrogen-bond donors (Lipinski definition) is 0. The molecule has 1 aliphatic rings. The van der Waals surface area contributed by atoms with Crippen LogP contribution in [0.4, 0.5) is 0 Å². The molecule has 0 bridgehead atoms. The van der Waals surface area contributed by atoms with Crippen LogP contribution >= 0.6 is 0 Å². The summed E-state index contributed by atoms with van der Waals surface area (Å²) in [5.41, 5.74) is 8.32. The van der Waals surface area contributed by atoms with Crippen molar-refractivity contribution in [2.75, 3.05) is 7.11 Å². The molecular weight excluding hydrogens is 422 g/mol. The zero-order valence-electron chi connectivity index (χ0n) is 21.0. The number of methoxy groups -OCH3 is 1. The molecule has 2 aromatic carbocycles. The molecule has 6 heteroatoms. The third-order valence-corrected chi connectivity index (χ3v) is 7.27. The highest BCUT2D eigenvalue weighted by atomic mass is 16.5. The van der Waals surface area contributed by atoms with Crippen molar-refractivity contribution < 1.29 is 4.74 Å². The Bertz CT molecular complexity index is 1340. The lowest BCUT2D eigenvalue weighted by molar-refractivity contribution is 0.331. The van der Waals surface area contributed by atoms with E-state index in [2.05, 4.69) is 61.2 Å². The molecule has 0 saturated heterocycles. The minimum atomic E-state index is 0.195. The van der Waals surface area contributed by atoms with Crippen molar-refractivity contribution in [2.45, 2.75) is 64.8 Å². The van der Waals surface area contributed by atoms with Crippen LogP contribution in [0.5, 0.6) is 5.75 Å². The molecule has 2 aromatic heterocycles. The molecule has 0 N–H and O–H groups in total. The maximum Gasteiger partial charge on any atom is 0.143 e. The normalized spacial score (nSPS) is 16.3. The average Bonchev–Trinajstić information content (AvgIpc) is 3.45. The van der Waals surface area contributed by atoms with Gasteiger partial charge in [-0.1, -0.05) is 57.2 Å². The fraction of sp³-hybridized carbons (Fsp3) is 0.393. The number of ether oxygens (including phenoxy) is 1. The SMILES string of the molecule is COc1cc(-c2cn(Cc3ccc4c(c3)C(C)(C)CCC4(C)C)nn2)ccc1-n1cnc(C)c1. The fourth-order valence-corrected chi connectivity index (χ4v) is 5.03. The molecule has 0 fully saturated rings. The van der Waals surface area contributed by atoms with Crippen LogP contribution < -0.4 is 4.74 Å². The monoisotopic (exact) mass is 455 g/mol. The predicted molar refractivity (Wildman–Crippen MR) is 135 cm³/mol. The summed E-state index contributed by atoms with van der Waals surface area (Å²) in [6.45, 7) is 12.1. The summed E-state index contributed by atoms with van der Waals surface area (Å²) < 4.78 is 9.54. The second kappa shape index (κ2) is 8.12. The first-order chi connectivity index (χ1) is 16.2. The van der Waals surface area contributed by atoms with E-state index in [4.69, 9.17) is 4.74 Å². The number of aryl methyl sites for hydroxylation is 1. The number of hydrogen-bond acceptors (Lipinski definition) is 4. The molecule has 0 saturated carbocycles. The summed E-state index contributed by atoms with van der Waals surface area (Å²) in [4.78, 5) is 4.32. The van der Waals surface area contributed by atoms with Crippen molar-refractivity contribution in [2.24, 2.45) is 0 Å². The van der Waals surface area contributed by atoms with Gasteiger partial charge in [0.1, 0.15) is 11.4 Å². The summed E-state index contributed by atoms with van der Waals surface area (Å²) in [5, 5.41) is 8.86. The number of fused-ring (bicyclic) bond motifs is 1. The Morgan fingerprint density at radius 2 is 1.71 bits per heavy atom. The van der Waals surface area contributed by atoms with Crippen LogP contribution in [0.2, 0.25) is 0 Å². The Hall–Kier alpha value is -3.41. The van der Waals surface area contributed by atoms with Crippen molar-refractivity contribution in [3.05, 3.63) is 77.5 Å². The van der Waals surface area contributed by atoms with E-state index in [0.717, 1.165) is 28.4 Å². The molecule has 176 valence electrons. The van der Waals surface area contributed by atoms with Crippen LogP contribution in [0.3, 0.4) is 0 Å². The summed E-state index contributed by atoms with van der Waals surface area (Å²) in [6, 6.07) is 13.0. The van der Waals surface area contributed by atoms with Crippen LogP contribution in [0.1, 0.15) is 62.9 Å². The fourth-order valence-electron chi connectivity index (χ4n) is 5.03. The summed E-state index contributed by atoms with van der Waals surface area (Å²) in [5.74, 6) is 0.768. The molecule has 34 heavy (non-hydrogen) atoms. The predicted octanol–water partition coefficient (Wildman–Crippen LogP) is 5.85. The van der Waals surface area contributed by atoms with Gasteiger partial charge < -0.3 is 9.30 Å². The van der Waals surface area contributed by atoms with E-state index in [1.807, 2.05) is 46.8 Å².